The fraction of sp³-hybridized carbons (Fsp3) is 0.333. The normalized spacial score (nSPS) is 15.7. The molecule has 1 fully saturated rings. The first kappa shape index (κ1) is 16.8. The van der Waals surface area contributed by atoms with Crippen LogP contribution in [0.5, 0.6) is 0 Å². The molecule has 0 radical (unpaired) electrons. The number of fused-ring (bicyclic) bond motifs is 2. The largest absolute Gasteiger partial charge is 0.341 e. The number of pyridine rings is 1. The van der Waals surface area contributed by atoms with Crippen LogP contribution in [0.15, 0.2) is 53.3 Å². The third-order valence-electron chi connectivity index (χ3n) is 5.43. The van der Waals surface area contributed by atoms with Crippen LogP contribution in [-0.2, 0) is 11.3 Å². The van der Waals surface area contributed by atoms with Gasteiger partial charge in [-0.1, -0.05) is 24.3 Å². The Kier molecular flexibility index (Phi) is 4.47. The Hall–Kier alpha value is -2.66. The molecule has 0 bridgehead atoms. The first-order valence-corrected chi connectivity index (χ1v) is 9.14. The number of benzene rings is 2. The van der Waals surface area contributed by atoms with Gasteiger partial charge in [-0.3, -0.25) is 9.59 Å². The molecule has 5 nitrogen and oxygen atoms in total. The van der Waals surface area contributed by atoms with Gasteiger partial charge < -0.3 is 14.8 Å². The monoisotopic (exact) mass is 349 g/mol. The van der Waals surface area contributed by atoms with Crippen molar-refractivity contribution in [2.24, 2.45) is 0 Å². The molecule has 0 unspecified atom stereocenters. The maximum Gasteiger partial charge on any atom is 0.242 e. The molecule has 0 atom stereocenters. The third-order valence-corrected chi connectivity index (χ3v) is 5.43. The lowest BCUT2D eigenvalue weighted by Gasteiger charge is -2.32. The molecule has 0 saturated carbocycles. The number of hydrogen-bond acceptors (Lipinski definition) is 3. The second-order valence-corrected chi connectivity index (χ2v) is 6.89. The smallest absolute Gasteiger partial charge is 0.242 e. The van der Waals surface area contributed by atoms with Crippen molar-refractivity contribution >= 4 is 27.7 Å². The summed E-state index contributed by atoms with van der Waals surface area (Å²) in [4.78, 5) is 27.7. The fourth-order valence-electron chi connectivity index (χ4n) is 3.90. The molecule has 1 aromatic heterocycles. The molecule has 1 aliphatic rings. The van der Waals surface area contributed by atoms with Gasteiger partial charge in [-0.15, -0.1) is 0 Å². The second kappa shape index (κ2) is 6.92. The van der Waals surface area contributed by atoms with Crippen molar-refractivity contribution in [3.63, 3.8) is 0 Å². The Labute approximate surface area is 152 Å². The van der Waals surface area contributed by atoms with Gasteiger partial charge in [0, 0.05) is 29.9 Å². The van der Waals surface area contributed by atoms with E-state index in [1.54, 1.807) is 0 Å². The molecule has 1 amide bonds. The van der Waals surface area contributed by atoms with E-state index in [0.717, 1.165) is 37.0 Å². The number of hydrogen-bond donors (Lipinski definition) is 1. The van der Waals surface area contributed by atoms with Gasteiger partial charge in [-0.2, -0.15) is 0 Å². The standard InChI is InChI=1S/C21H23N3O2/c1-22-15-10-12-23(13-11-15)20(25)14-24-18-8-4-2-6-16(18)21(26)17-7-3-5-9-19(17)24/h2-9,15,22H,10-14H2,1H3. The van der Waals surface area contributed by atoms with Crippen LogP contribution in [0.2, 0.25) is 0 Å². The van der Waals surface area contributed by atoms with E-state index >= 15 is 0 Å². The number of nitrogens with one attached hydrogen (secondary N) is 1. The quantitative estimate of drug-likeness (QED) is 0.739. The zero-order valence-electron chi connectivity index (χ0n) is 14.9. The van der Waals surface area contributed by atoms with Crippen LogP contribution in [0.25, 0.3) is 21.8 Å². The first-order valence-electron chi connectivity index (χ1n) is 9.14. The predicted molar refractivity (Wildman–Crippen MR) is 104 cm³/mol. The van der Waals surface area contributed by atoms with Crippen LogP contribution in [0.4, 0.5) is 0 Å². The summed E-state index contributed by atoms with van der Waals surface area (Å²) in [7, 11) is 1.97. The van der Waals surface area contributed by atoms with Gasteiger partial charge in [0.05, 0.1) is 11.0 Å². The summed E-state index contributed by atoms with van der Waals surface area (Å²) in [5.41, 5.74) is 1.65. The molecule has 3 aromatic rings. The molecule has 1 saturated heterocycles. The summed E-state index contributed by atoms with van der Waals surface area (Å²) < 4.78 is 1.98. The lowest BCUT2D eigenvalue weighted by Crippen LogP contribution is -2.45. The highest BCUT2D eigenvalue weighted by molar-refractivity contribution is 5.94. The van der Waals surface area contributed by atoms with E-state index in [9.17, 15) is 9.59 Å². The highest BCUT2D eigenvalue weighted by Crippen LogP contribution is 2.20. The molecular formula is C21H23N3O2. The Morgan fingerprint density at radius 3 is 2.08 bits per heavy atom. The number of carbonyl (C=O) groups excluding carboxylic acids is 1. The Morgan fingerprint density at radius 2 is 1.54 bits per heavy atom. The van der Waals surface area contributed by atoms with Crippen LogP contribution in [0.1, 0.15) is 12.8 Å². The molecule has 0 spiro atoms. The molecule has 1 aliphatic heterocycles. The van der Waals surface area contributed by atoms with Crippen molar-refractivity contribution in [2.75, 3.05) is 20.1 Å². The highest BCUT2D eigenvalue weighted by atomic mass is 16.2. The number of rotatable bonds is 3. The summed E-state index contributed by atoms with van der Waals surface area (Å²) in [5, 5.41) is 4.61. The molecule has 0 aliphatic carbocycles. The van der Waals surface area contributed by atoms with Gasteiger partial charge in [0.1, 0.15) is 6.54 Å². The van der Waals surface area contributed by atoms with Gasteiger partial charge >= 0.3 is 0 Å². The maximum absolute atomic E-state index is 12.9. The zero-order chi connectivity index (χ0) is 18.1. The average Bonchev–Trinajstić information content (AvgIpc) is 2.71. The third kappa shape index (κ3) is 2.88. The first-order chi connectivity index (χ1) is 12.7. The Morgan fingerprint density at radius 1 is 1.00 bits per heavy atom. The molecule has 2 heterocycles. The van der Waals surface area contributed by atoms with Crippen molar-refractivity contribution in [3.8, 4) is 0 Å². The molecule has 2 aromatic carbocycles. The van der Waals surface area contributed by atoms with Crippen LogP contribution >= 0.6 is 0 Å². The van der Waals surface area contributed by atoms with Crippen LogP contribution in [-0.4, -0.2) is 41.6 Å². The average molecular weight is 349 g/mol. The lowest BCUT2D eigenvalue weighted by atomic mass is 10.1. The number of likely N-dealkylation sites (tertiary alicyclic amines) is 1. The van der Waals surface area contributed by atoms with Crippen LogP contribution in [0.3, 0.4) is 0 Å². The topological polar surface area (TPSA) is 54.3 Å². The highest BCUT2D eigenvalue weighted by Gasteiger charge is 2.22. The van der Waals surface area contributed by atoms with Crippen molar-refractivity contribution in [1.82, 2.24) is 14.8 Å². The number of nitrogens with zero attached hydrogens (tertiary/aromatic N) is 2. The fourth-order valence-corrected chi connectivity index (χ4v) is 3.90. The van der Waals surface area contributed by atoms with Gasteiger partial charge in [-0.05, 0) is 44.2 Å². The number of aromatic nitrogens is 1. The van der Waals surface area contributed by atoms with Gasteiger partial charge in [0.2, 0.25) is 5.91 Å². The number of carbonyl (C=O) groups is 1. The Bertz CT molecular complexity index is 957. The zero-order valence-corrected chi connectivity index (χ0v) is 14.9. The van der Waals surface area contributed by atoms with E-state index in [2.05, 4.69) is 5.32 Å². The lowest BCUT2D eigenvalue weighted by molar-refractivity contribution is -0.132. The minimum absolute atomic E-state index is 0.0229. The molecule has 5 heteroatoms. The summed E-state index contributed by atoms with van der Waals surface area (Å²) in [6.07, 6.45) is 1.96. The van der Waals surface area contributed by atoms with Gasteiger partial charge in [0.15, 0.2) is 5.43 Å². The van der Waals surface area contributed by atoms with Crippen molar-refractivity contribution in [3.05, 3.63) is 58.8 Å². The number of piperidine rings is 1. The van der Waals surface area contributed by atoms with Crippen molar-refractivity contribution in [2.45, 2.75) is 25.4 Å². The number of amides is 1. The van der Waals surface area contributed by atoms with E-state index in [1.807, 2.05) is 65.0 Å². The summed E-state index contributed by atoms with van der Waals surface area (Å²) in [5.74, 6) is 0.110. The maximum atomic E-state index is 12.9. The predicted octanol–water partition coefficient (Wildman–Crippen LogP) is 2.37. The Balaban J connectivity index is 1.74. The van der Waals surface area contributed by atoms with E-state index in [4.69, 9.17) is 0 Å². The molecular weight excluding hydrogens is 326 g/mol. The van der Waals surface area contributed by atoms with Crippen LogP contribution in [0, 0.1) is 0 Å². The number of para-hydroxylation sites is 2. The molecule has 4 rings (SSSR count). The summed E-state index contributed by atoms with van der Waals surface area (Å²) in [6.45, 7) is 1.81. The van der Waals surface area contributed by atoms with Crippen molar-refractivity contribution in [1.29, 1.82) is 0 Å². The summed E-state index contributed by atoms with van der Waals surface area (Å²) in [6, 6.07) is 15.6. The van der Waals surface area contributed by atoms with Crippen molar-refractivity contribution < 1.29 is 4.79 Å². The molecule has 134 valence electrons. The minimum atomic E-state index is 0.0229. The van der Waals surface area contributed by atoms with Gasteiger partial charge in [-0.25, -0.2) is 0 Å². The molecule has 26 heavy (non-hydrogen) atoms. The van der Waals surface area contributed by atoms with E-state index < -0.39 is 0 Å². The SMILES string of the molecule is CNC1CCN(C(=O)Cn2c3ccccc3c(=O)c3ccccc32)CC1. The minimum Gasteiger partial charge on any atom is -0.341 e. The van der Waals surface area contributed by atoms with E-state index in [1.165, 1.54) is 0 Å². The van der Waals surface area contributed by atoms with E-state index in [0.29, 0.717) is 16.8 Å². The van der Waals surface area contributed by atoms with Gasteiger partial charge in [0.25, 0.3) is 0 Å². The van der Waals surface area contributed by atoms with E-state index in [-0.39, 0.29) is 17.9 Å². The second-order valence-electron chi connectivity index (χ2n) is 6.89. The summed E-state index contributed by atoms with van der Waals surface area (Å²) >= 11 is 0. The molecule has 1 N–H and O–H groups in total. The van der Waals surface area contributed by atoms with Crippen LogP contribution < -0.4 is 10.7 Å².